The third-order valence-electron chi connectivity index (χ3n) is 6.84. The van der Waals surface area contributed by atoms with Gasteiger partial charge in [0.05, 0.1) is 16.9 Å². The Bertz CT molecular complexity index is 1830. The molecule has 0 aliphatic carbocycles. The van der Waals surface area contributed by atoms with Crippen LogP contribution >= 0.6 is 0 Å². The Kier molecular flexibility index (Phi) is 29.7. The molecule has 0 aliphatic rings. The molecule has 4 rings (SSSR count). The number of rotatable bonds is 17. The molecule has 251 valence electrons. The maximum Gasteiger partial charge on any atom is 0.335 e. The summed E-state index contributed by atoms with van der Waals surface area (Å²) in [5.74, 6) is -5.77. The first-order valence-electron chi connectivity index (χ1n) is 14.0. The van der Waals surface area contributed by atoms with E-state index in [4.69, 9.17) is 9.47 Å². The fraction of sp³-hybridized carbons (Fsp3) is 0.219. The zero-order chi connectivity index (χ0) is 34.2. The molecule has 4 aromatic rings. The van der Waals surface area contributed by atoms with E-state index in [1.165, 1.54) is 18.2 Å². The number of hydrogen-bond acceptors (Lipinski definition) is 9. The van der Waals surface area contributed by atoms with E-state index in [-0.39, 0.29) is 299 Å². The van der Waals surface area contributed by atoms with Gasteiger partial charge < -0.3 is 49.8 Å². The Labute approximate surface area is 511 Å². The van der Waals surface area contributed by atoms with E-state index in [2.05, 4.69) is 4.98 Å². The van der Waals surface area contributed by atoms with Crippen LogP contribution < -0.4 is 19.3 Å². The van der Waals surface area contributed by atoms with Crippen LogP contribution in [-0.4, -0.2) is 357 Å². The van der Waals surface area contributed by atoms with E-state index in [0.717, 1.165) is 20.7 Å². The quantitative estimate of drug-likeness (QED) is 0.0652. The van der Waals surface area contributed by atoms with Crippen LogP contribution in [0.25, 0.3) is 22.2 Å². The van der Waals surface area contributed by atoms with Gasteiger partial charge in [-0.2, -0.15) is 0 Å². The molecule has 1 heterocycles. The molecule has 5 radical (unpaired) electrons. The zero-order valence-corrected chi connectivity index (χ0v) is 45.6. The topological polar surface area (TPSA) is 227 Å². The van der Waals surface area contributed by atoms with Gasteiger partial charge in [0.15, 0.2) is 0 Å². The number of nitrogens with zero attached hydrogens (tertiary/aromatic N) is 2. The summed E-state index contributed by atoms with van der Waals surface area (Å²) in [4.78, 5) is 62.8. The summed E-state index contributed by atoms with van der Waals surface area (Å²) >= 11 is 0. The third kappa shape index (κ3) is 17.4. The van der Waals surface area contributed by atoms with E-state index in [9.17, 15) is 49.5 Å². The number of benzene rings is 3. The van der Waals surface area contributed by atoms with Gasteiger partial charge >= 0.3 is 29.8 Å². The van der Waals surface area contributed by atoms with Gasteiger partial charge in [-0.15, -0.1) is 0 Å². The molecular formula is C32H31K5N3O12. The van der Waals surface area contributed by atoms with Gasteiger partial charge in [-0.3, -0.25) is 19.2 Å². The van der Waals surface area contributed by atoms with Crippen molar-refractivity contribution >= 4 is 309 Å². The van der Waals surface area contributed by atoms with E-state index in [0.29, 0.717) is 16.8 Å². The van der Waals surface area contributed by atoms with Crippen LogP contribution in [0.1, 0.15) is 15.9 Å². The molecule has 3 aromatic carbocycles. The van der Waals surface area contributed by atoms with E-state index < -0.39 is 56.0 Å². The molecule has 0 saturated heterocycles. The van der Waals surface area contributed by atoms with Crippen LogP contribution in [0.15, 0.2) is 60.7 Å². The average molecular weight is 845 g/mol. The van der Waals surface area contributed by atoms with Crippen LogP contribution in [0.3, 0.4) is 0 Å². The molecular weight excluding hydrogens is 814 g/mol. The van der Waals surface area contributed by atoms with Crippen LogP contribution in [0.2, 0.25) is 0 Å². The van der Waals surface area contributed by atoms with Crippen LogP contribution in [0, 0.1) is 6.92 Å². The van der Waals surface area contributed by atoms with Gasteiger partial charge in [0.25, 0.3) is 0 Å². The number of aromatic carboxylic acids is 1. The Morgan fingerprint density at radius 3 is 1.52 bits per heavy atom. The number of fused-ring (bicyclic) bond motifs is 1. The first-order chi connectivity index (χ1) is 22.3. The van der Waals surface area contributed by atoms with Crippen molar-refractivity contribution in [1.82, 2.24) is 4.98 Å². The molecule has 0 unspecified atom stereocenters. The van der Waals surface area contributed by atoms with Crippen LogP contribution in [-0.2, 0) is 19.2 Å². The van der Waals surface area contributed by atoms with Crippen LogP contribution in [0.5, 0.6) is 11.5 Å². The van der Waals surface area contributed by atoms with Crippen molar-refractivity contribution in [3.05, 3.63) is 71.8 Å². The number of H-pyrrole nitrogens is 1. The normalized spacial score (nSPS) is 9.71. The summed E-state index contributed by atoms with van der Waals surface area (Å²) in [6.45, 7) is -0.938. The third-order valence-corrected chi connectivity index (χ3v) is 6.84. The molecule has 0 spiro atoms. The summed E-state index contributed by atoms with van der Waals surface area (Å²) in [5, 5.41) is 47.6. The summed E-state index contributed by atoms with van der Waals surface area (Å²) in [5.41, 5.74) is 2.98. The average Bonchev–Trinajstić information content (AvgIpc) is 3.41. The first-order valence-corrected chi connectivity index (χ1v) is 14.0. The van der Waals surface area contributed by atoms with Gasteiger partial charge in [-0.05, 0) is 55.0 Å². The number of ether oxygens (including phenoxy) is 2. The van der Waals surface area contributed by atoms with E-state index >= 15 is 0 Å². The molecule has 0 saturated carbocycles. The van der Waals surface area contributed by atoms with Gasteiger partial charge in [0, 0.05) is 279 Å². The van der Waals surface area contributed by atoms with Crippen LogP contribution in [0.4, 0.5) is 11.4 Å². The summed E-state index contributed by atoms with van der Waals surface area (Å²) < 4.78 is 11.9. The number of anilines is 2. The number of aromatic nitrogens is 1. The minimum absolute atomic E-state index is 0. The zero-order valence-electron chi connectivity index (χ0n) is 30.0. The second kappa shape index (κ2) is 27.6. The number of carbonyl (C=O) groups is 5. The van der Waals surface area contributed by atoms with E-state index in [1.54, 1.807) is 49.4 Å². The standard InChI is InChI=1S/C32H31N3O12.5K/c1-18-2-6-24(34(14-28(36)37)15-29(38)39)26(10-18)46-8-9-47-27-13-20(5-7-25(27)35(16-30(40)41)17-31(42)43)22-11-19-3-4-21(32(44)45)12-23(19)33-22;;;;;/h2-7,10-13,33H,8-9,14-17H2,1H3,(H,36,37)(H,38,39)(H,40,41)(H,42,43)(H,44,45);;;;;. The number of aromatic amines is 1. The number of carboxylic acids is 5. The Morgan fingerprint density at radius 1 is 0.596 bits per heavy atom. The molecule has 0 atom stereocenters. The number of nitrogens with one attached hydrogen (secondary N) is 1. The van der Waals surface area contributed by atoms with Crippen molar-refractivity contribution in [2.45, 2.75) is 6.92 Å². The van der Waals surface area contributed by atoms with Crippen molar-refractivity contribution in [1.29, 1.82) is 0 Å². The molecule has 20 heteroatoms. The fourth-order valence-corrected chi connectivity index (χ4v) is 4.88. The number of aliphatic carboxylic acids is 4. The Hall–Kier alpha value is 1.93. The predicted octanol–water partition coefficient (Wildman–Crippen LogP) is 1.35. The van der Waals surface area contributed by atoms with Crippen molar-refractivity contribution < 1.29 is 59.0 Å². The van der Waals surface area contributed by atoms with Gasteiger partial charge in [-0.25, -0.2) is 4.79 Å². The van der Waals surface area contributed by atoms with Crippen molar-refractivity contribution in [3.63, 3.8) is 0 Å². The molecule has 0 fully saturated rings. The second-order valence-corrected chi connectivity index (χ2v) is 10.4. The summed E-state index contributed by atoms with van der Waals surface area (Å²) in [7, 11) is 0. The number of aryl methyl sites for hydroxylation is 1. The van der Waals surface area contributed by atoms with Gasteiger partial charge in [-0.1, -0.05) is 18.2 Å². The second-order valence-electron chi connectivity index (χ2n) is 10.4. The minimum atomic E-state index is -1.27. The first kappa shape index (κ1) is 56.0. The molecule has 1 aromatic heterocycles. The smallest absolute Gasteiger partial charge is 0.335 e. The molecule has 0 aliphatic heterocycles. The summed E-state index contributed by atoms with van der Waals surface area (Å²) in [6, 6.07) is 16.0. The van der Waals surface area contributed by atoms with Gasteiger partial charge in [0.2, 0.25) is 0 Å². The fourth-order valence-electron chi connectivity index (χ4n) is 4.88. The molecule has 0 bridgehead atoms. The van der Waals surface area contributed by atoms with Crippen molar-refractivity contribution in [3.8, 4) is 22.8 Å². The molecule has 0 amide bonds. The minimum Gasteiger partial charge on any atom is -0.488 e. The number of carboxylic acid groups (broad SMARTS) is 5. The van der Waals surface area contributed by atoms with Crippen molar-refractivity contribution in [2.24, 2.45) is 0 Å². The van der Waals surface area contributed by atoms with Crippen molar-refractivity contribution in [2.75, 3.05) is 49.2 Å². The Balaban J connectivity index is 0. The van der Waals surface area contributed by atoms with E-state index in [1.807, 2.05) is 0 Å². The molecule has 52 heavy (non-hydrogen) atoms. The monoisotopic (exact) mass is 844 g/mol. The maximum absolute atomic E-state index is 11.6. The molecule has 6 N–H and O–H groups in total. The van der Waals surface area contributed by atoms with Gasteiger partial charge in [0.1, 0.15) is 50.9 Å². The SMILES string of the molecule is Cc1ccc(N(CC(=O)O)CC(=O)O)c(OCCOc2cc(-c3cc4ccc(C(=O)O)cc4[nH]3)ccc2N(CC(=O)O)CC(=O)O)c1.[K].[K].[K].[K].[K]. The number of hydrogen-bond donors (Lipinski definition) is 6. The maximum atomic E-state index is 11.6. The summed E-state index contributed by atoms with van der Waals surface area (Å²) in [6.07, 6.45) is 0. The predicted molar refractivity (Wildman–Crippen MR) is 197 cm³/mol. The largest absolute Gasteiger partial charge is 0.488 e. The molecule has 15 nitrogen and oxygen atoms in total. The Morgan fingerprint density at radius 2 is 1.06 bits per heavy atom.